The number of hydrogen-bond acceptors (Lipinski definition) is 4. The predicted molar refractivity (Wildman–Crippen MR) is 88.6 cm³/mol. The summed E-state index contributed by atoms with van der Waals surface area (Å²) in [7, 11) is 0. The van der Waals surface area contributed by atoms with Crippen molar-refractivity contribution in [3.63, 3.8) is 0 Å². The molecule has 2 rings (SSSR count). The summed E-state index contributed by atoms with van der Waals surface area (Å²) in [6.07, 6.45) is 0. The Bertz CT molecular complexity index is 818. The van der Waals surface area contributed by atoms with Gasteiger partial charge in [-0.3, -0.25) is 4.79 Å². The monoisotopic (exact) mass is 407 g/mol. The summed E-state index contributed by atoms with van der Waals surface area (Å²) in [5, 5.41) is 2.02. The predicted octanol–water partition coefficient (Wildman–Crippen LogP) is 4.73. The van der Waals surface area contributed by atoms with Gasteiger partial charge >= 0.3 is 5.97 Å². The zero-order valence-electron chi connectivity index (χ0n) is 12.8. The number of benzene rings is 2. The molecule has 0 bridgehead atoms. The van der Waals surface area contributed by atoms with Gasteiger partial charge in [0.15, 0.2) is 18.2 Å². The molecular weight excluding hydrogens is 398 g/mol. The highest BCUT2D eigenvalue weighted by Crippen LogP contribution is 2.26. The van der Waals surface area contributed by atoms with Crippen molar-refractivity contribution in [2.75, 3.05) is 11.9 Å². The average Bonchev–Trinajstić information content (AvgIpc) is 2.57. The SMILES string of the molecule is O=C(COC(=O)c1cc(F)c(F)cc1Cl)Nc1ccc(SC(F)F)cc1. The number of thioether (sulfide) groups is 1. The van der Waals surface area contributed by atoms with E-state index >= 15 is 0 Å². The van der Waals surface area contributed by atoms with Crippen molar-refractivity contribution in [2.45, 2.75) is 10.7 Å². The molecule has 2 aromatic rings. The number of alkyl halides is 2. The van der Waals surface area contributed by atoms with Gasteiger partial charge in [-0.25, -0.2) is 13.6 Å². The molecule has 10 heteroatoms. The van der Waals surface area contributed by atoms with E-state index in [9.17, 15) is 27.2 Å². The van der Waals surface area contributed by atoms with Crippen LogP contribution in [0, 0.1) is 11.6 Å². The van der Waals surface area contributed by atoms with Crippen LogP contribution in [0.1, 0.15) is 10.4 Å². The second kappa shape index (κ2) is 8.91. The first-order valence-corrected chi connectivity index (χ1v) is 8.18. The molecule has 0 unspecified atom stereocenters. The molecule has 0 heterocycles. The molecule has 0 aromatic heterocycles. The van der Waals surface area contributed by atoms with Crippen LogP contribution in [-0.4, -0.2) is 24.2 Å². The van der Waals surface area contributed by atoms with E-state index in [1.807, 2.05) is 0 Å². The third kappa shape index (κ3) is 5.63. The van der Waals surface area contributed by atoms with Crippen LogP contribution >= 0.6 is 23.4 Å². The van der Waals surface area contributed by atoms with Crippen molar-refractivity contribution >= 4 is 40.9 Å². The number of nitrogens with one attached hydrogen (secondary N) is 1. The fourth-order valence-corrected chi connectivity index (χ4v) is 2.53. The number of anilines is 1. The summed E-state index contributed by atoms with van der Waals surface area (Å²) in [5.74, 6) is -6.89. The standard InChI is InChI=1S/C16H10ClF4NO3S/c17-11-6-13(19)12(18)5-10(11)15(24)25-7-14(23)22-8-1-3-9(4-2-8)26-16(20)21/h1-6,16H,7H2,(H,22,23). The maximum Gasteiger partial charge on any atom is 0.340 e. The summed E-state index contributed by atoms with van der Waals surface area (Å²) in [4.78, 5) is 23.8. The number of hydrogen-bond donors (Lipinski definition) is 1. The second-order valence-electron chi connectivity index (χ2n) is 4.77. The third-order valence-corrected chi connectivity index (χ3v) is 3.96. The van der Waals surface area contributed by atoms with Gasteiger partial charge in [-0.2, -0.15) is 8.78 Å². The highest BCUT2D eigenvalue weighted by molar-refractivity contribution is 7.99. The van der Waals surface area contributed by atoms with Crippen LogP contribution in [0.15, 0.2) is 41.3 Å². The second-order valence-corrected chi connectivity index (χ2v) is 6.24. The highest BCUT2D eigenvalue weighted by Gasteiger charge is 2.17. The van der Waals surface area contributed by atoms with E-state index in [0.717, 1.165) is 0 Å². The molecule has 0 aliphatic carbocycles. The number of carbonyl (C=O) groups excluding carboxylic acids is 2. The largest absolute Gasteiger partial charge is 0.452 e. The van der Waals surface area contributed by atoms with Crippen molar-refractivity contribution in [3.8, 4) is 0 Å². The van der Waals surface area contributed by atoms with Gasteiger partial charge < -0.3 is 10.1 Å². The number of carbonyl (C=O) groups is 2. The zero-order chi connectivity index (χ0) is 19.3. The molecule has 0 saturated carbocycles. The van der Waals surface area contributed by atoms with Crippen LogP contribution in [0.4, 0.5) is 23.2 Å². The van der Waals surface area contributed by atoms with Crippen molar-refractivity contribution < 1.29 is 31.9 Å². The lowest BCUT2D eigenvalue weighted by Crippen LogP contribution is -2.21. The summed E-state index contributed by atoms with van der Waals surface area (Å²) in [5.41, 5.74) is -0.123. The molecule has 138 valence electrons. The number of esters is 1. The molecule has 0 aliphatic rings. The van der Waals surface area contributed by atoms with E-state index in [1.165, 1.54) is 24.3 Å². The van der Waals surface area contributed by atoms with Crippen LogP contribution in [0.25, 0.3) is 0 Å². The van der Waals surface area contributed by atoms with Crippen LogP contribution in [-0.2, 0) is 9.53 Å². The van der Waals surface area contributed by atoms with Crippen LogP contribution < -0.4 is 5.32 Å². The quantitative estimate of drug-likeness (QED) is 0.325. The molecule has 1 N–H and O–H groups in total. The average molecular weight is 408 g/mol. The highest BCUT2D eigenvalue weighted by atomic mass is 35.5. The molecule has 1 amide bonds. The lowest BCUT2D eigenvalue weighted by atomic mass is 10.2. The lowest BCUT2D eigenvalue weighted by molar-refractivity contribution is -0.119. The maximum atomic E-state index is 13.1. The number of ether oxygens (including phenoxy) is 1. The van der Waals surface area contributed by atoms with Gasteiger partial charge in [-0.05, 0) is 36.4 Å². The Labute approximate surface area is 154 Å². The minimum Gasteiger partial charge on any atom is -0.452 e. The van der Waals surface area contributed by atoms with Crippen LogP contribution in [0.2, 0.25) is 5.02 Å². The van der Waals surface area contributed by atoms with Gasteiger partial charge in [0.2, 0.25) is 0 Å². The van der Waals surface area contributed by atoms with Gasteiger partial charge in [0.1, 0.15) is 0 Å². The van der Waals surface area contributed by atoms with Gasteiger partial charge in [-0.15, -0.1) is 0 Å². The van der Waals surface area contributed by atoms with Gasteiger partial charge in [0, 0.05) is 10.6 Å². The van der Waals surface area contributed by atoms with E-state index in [-0.39, 0.29) is 5.02 Å². The summed E-state index contributed by atoms with van der Waals surface area (Å²) >= 11 is 5.98. The Kier molecular flexibility index (Phi) is 6.87. The number of rotatable bonds is 6. The van der Waals surface area contributed by atoms with E-state index in [0.29, 0.717) is 34.5 Å². The van der Waals surface area contributed by atoms with Crippen LogP contribution in [0.5, 0.6) is 0 Å². The zero-order valence-corrected chi connectivity index (χ0v) is 14.3. The Hall–Kier alpha value is -2.26. The van der Waals surface area contributed by atoms with Gasteiger partial charge in [0.25, 0.3) is 11.7 Å². The van der Waals surface area contributed by atoms with E-state index in [2.05, 4.69) is 10.1 Å². The minimum absolute atomic E-state index is 0.301. The van der Waals surface area contributed by atoms with Crippen molar-refractivity contribution in [3.05, 3.63) is 58.6 Å². The fourth-order valence-electron chi connectivity index (χ4n) is 1.80. The molecule has 0 saturated heterocycles. The maximum absolute atomic E-state index is 13.1. The molecule has 26 heavy (non-hydrogen) atoms. The normalized spacial score (nSPS) is 10.7. The molecule has 0 fully saturated rings. The lowest BCUT2D eigenvalue weighted by Gasteiger charge is -2.08. The first kappa shape index (κ1) is 20.1. The van der Waals surface area contributed by atoms with Crippen LogP contribution in [0.3, 0.4) is 0 Å². The molecular formula is C16H10ClF4NO3S. The van der Waals surface area contributed by atoms with Gasteiger partial charge in [-0.1, -0.05) is 23.4 Å². The summed E-state index contributed by atoms with van der Waals surface area (Å²) in [6.45, 7) is -0.707. The molecule has 0 spiro atoms. The fraction of sp³-hybridized carbons (Fsp3) is 0.125. The van der Waals surface area contributed by atoms with Crippen molar-refractivity contribution in [2.24, 2.45) is 0 Å². The molecule has 0 radical (unpaired) electrons. The Morgan fingerprint density at radius 2 is 1.73 bits per heavy atom. The Morgan fingerprint density at radius 3 is 2.35 bits per heavy atom. The first-order valence-electron chi connectivity index (χ1n) is 6.92. The molecule has 0 atom stereocenters. The molecule has 0 aliphatic heterocycles. The van der Waals surface area contributed by atoms with E-state index < -0.39 is 41.4 Å². The first-order chi connectivity index (χ1) is 12.3. The number of amides is 1. The Balaban J connectivity index is 1.90. The smallest absolute Gasteiger partial charge is 0.340 e. The van der Waals surface area contributed by atoms with E-state index in [4.69, 9.17) is 11.6 Å². The summed E-state index contributed by atoms with van der Waals surface area (Å²) < 4.78 is 55.2. The minimum atomic E-state index is -2.56. The molecule has 2 aromatic carbocycles. The number of halogens is 5. The third-order valence-electron chi connectivity index (χ3n) is 2.93. The van der Waals surface area contributed by atoms with Crippen molar-refractivity contribution in [1.82, 2.24) is 0 Å². The van der Waals surface area contributed by atoms with Gasteiger partial charge in [0.05, 0.1) is 10.6 Å². The molecule has 4 nitrogen and oxygen atoms in total. The van der Waals surface area contributed by atoms with E-state index in [1.54, 1.807) is 0 Å². The summed E-state index contributed by atoms with van der Waals surface area (Å²) in [6, 6.07) is 6.76. The topological polar surface area (TPSA) is 55.4 Å². The van der Waals surface area contributed by atoms with Crippen molar-refractivity contribution in [1.29, 1.82) is 0 Å². The Morgan fingerprint density at radius 1 is 1.12 bits per heavy atom.